The molecule has 82 valence electrons. The van der Waals surface area contributed by atoms with E-state index in [1.165, 1.54) is 0 Å². The molecule has 0 radical (unpaired) electrons. The average molecular weight is 331 g/mol. The molecule has 0 heterocycles. The number of hydrogen-bond acceptors (Lipinski definition) is 1. The van der Waals surface area contributed by atoms with Gasteiger partial charge in [-0.05, 0) is 30.7 Å². The van der Waals surface area contributed by atoms with Gasteiger partial charge in [0, 0.05) is 10.2 Å². The fourth-order valence-electron chi connectivity index (χ4n) is 0.961. The van der Waals surface area contributed by atoms with Gasteiger partial charge in [0.2, 0.25) is 0 Å². The Kier molecular flexibility index (Phi) is 4.29. The minimum absolute atomic E-state index is 0.620. The van der Waals surface area contributed by atoms with Crippen LogP contribution in [0.2, 0.25) is 0 Å². The van der Waals surface area contributed by atoms with Gasteiger partial charge in [-0.3, -0.25) is 4.79 Å². The van der Waals surface area contributed by atoms with Gasteiger partial charge < -0.3 is 5.32 Å². The molecule has 0 aliphatic rings. The molecule has 1 rings (SSSR count). The lowest BCUT2D eigenvalue weighted by Crippen LogP contribution is -2.27. The summed E-state index contributed by atoms with van der Waals surface area (Å²) in [4.78, 5) is 11.4. The van der Waals surface area contributed by atoms with Gasteiger partial charge in [0.15, 0.2) is 0 Å². The van der Waals surface area contributed by atoms with Crippen molar-refractivity contribution >= 4 is 62.3 Å². The zero-order valence-corrected chi connectivity index (χ0v) is 11.5. The normalized spacial score (nSPS) is 11.3. The van der Waals surface area contributed by atoms with Gasteiger partial charge in [0.1, 0.15) is 0 Å². The first-order chi connectivity index (χ1) is 6.80. The van der Waals surface area contributed by atoms with Crippen LogP contribution in [-0.2, 0) is 4.79 Å². The largest absolute Gasteiger partial charge is 0.322 e. The van der Waals surface area contributed by atoms with Crippen molar-refractivity contribution in [3.8, 4) is 0 Å². The van der Waals surface area contributed by atoms with Crippen LogP contribution in [0.4, 0.5) is 5.69 Å². The van der Waals surface area contributed by atoms with Crippen molar-refractivity contribution in [1.82, 2.24) is 0 Å². The summed E-state index contributed by atoms with van der Waals surface area (Å²) >= 11 is 19.6. The molecular weight excluding hydrogens is 324 g/mol. The lowest BCUT2D eigenvalue weighted by Gasteiger charge is -2.13. The van der Waals surface area contributed by atoms with Crippen molar-refractivity contribution in [3.63, 3.8) is 0 Å². The second-order valence-electron chi connectivity index (χ2n) is 2.91. The SMILES string of the molecule is Cc1cc(Br)ccc1NC(=O)C(Cl)(Cl)Cl. The van der Waals surface area contributed by atoms with Crippen molar-refractivity contribution in [3.05, 3.63) is 28.2 Å². The molecule has 0 saturated carbocycles. The van der Waals surface area contributed by atoms with E-state index in [-0.39, 0.29) is 0 Å². The van der Waals surface area contributed by atoms with E-state index in [4.69, 9.17) is 34.8 Å². The summed E-state index contributed by atoms with van der Waals surface area (Å²) < 4.78 is -1.02. The zero-order chi connectivity index (χ0) is 11.6. The van der Waals surface area contributed by atoms with Crippen LogP contribution in [0, 0.1) is 6.92 Å². The topological polar surface area (TPSA) is 29.1 Å². The molecule has 0 atom stereocenters. The molecule has 1 aromatic carbocycles. The molecule has 15 heavy (non-hydrogen) atoms. The number of rotatable bonds is 1. The van der Waals surface area contributed by atoms with Crippen molar-refractivity contribution in [1.29, 1.82) is 0 Å². The first-order valence-electron chi connectivity index (χ1n) is 3.95. The summed E-state index contributed by atoms with van der Waals surface area (Å²) in [6, 6.07) is 5.38. The molecule has 2 nitrogen and oxygen atoms in total. The van der Waals surface area contributed by atoms with Crippen LogP contribution < -0.4 is 5.32 Å². The van der Waals surface area contributed by atoms with E-state index >= 15 is 0 Å². The highest BCUT2D eigenvalue weighted by Gasteiger charge is 2.30. The highest BCUT2D eigenvalue weighted by atomic mass is 79.9. The van der Waals surface area contributed by atoms with E-state index in [9.17, 15) is 4.79 Å². The molecule has 0 aromatic heterocycles. The monoisotopic (exact) mass is 329 g/mol. The summed E-state index contributed by atoms with van der Waals surface area (Å²) in [6.07, 6.45) is 0. The van der Waals surface area contributed by atoms with Gasteiger partial charge in [-0.15, -0.1) is 0 Å². The predicted octanol–water partition coefficient (Wildman–Crippen LogP) is 4.07. The Bertz CT molecular complexity index is 389. The molecule has 1 amide bonds. The maximum Gasteiger partial charge on any atom is 0.276 e. The highest BCUT2D eigenvalue weighted by Crippen LogP contribution is 2.28. The second kappa shape index (κ2) is 4.91. The molecule has 0 saturated heterocycles. The van der Waals surface area contributed by atoms with E-state index in [1.54, 1.807) is 12.1 Å². The maximum atomic E-state index is 11.4. The molecule has 0 spiro atoms. The van der Waals surface area contributed by atoms with Crippen LogP contribution in [-0.4, -0.2) is 9.70 Å². The minimum Gasteiger partial charge on any atom is -0.322 e. The number of benzene rings is 1. The number of halogens is 4. The smallest absolute Gasteiger partial charge is 0.276 e. The summed E-state index contributed by atoms with van der Waals surface area (Å²) in [5.74, 6) is -0.669. The van der Waals surface area contributed by atoms with Gasteiger partial charge >= 0.3 is 0 Å². The summed E-state index contributed by atoms with van der Waals surface area (Å²) in [5.41, 5.74) is 1.50. The van der Waals surface area contributed by atoms with Gasteiger partial charge in [-0.2, -0.15) is 0 Å². The molecule has 0 unspecified atom stereocenters. The number of hydrogen-bond donors (Lipinski definition) is 1. The molecule has 0 bridgehead atoms. The van der Waals surface area contributed by atoms with Crippen molar-refractivity contribution in [2.24, 2.45) is 0 Å². The van der Waals surface area contributed by atoms with Gasteiger partial charge in [-0.1, -0.05) is 50.7 Å². The Hall–Kier alpha value is 0.0400. The van der Waals surface area contributed by atoms with Crippen LogP contribution in [0.3, 0.4) is 0 Å². The molecule has 0 fully saturated rings. The first kappa shape index (κ1) is 13.1. The van der Waals surface area contributed by atoms with E-state index < -0.39 is 9.70 Å². The quantitative estimate of drug-likeness (QED) is 0.772. The maximum absolute atomic E-state index is 11.4. The van der Waals surface area contributed by atoms with Crippen molar-refractivity contribution in [2.45, 2.75) is 10.7 Å². The summed E-state index contributed by atoms with van der Waals surface area (Å²) in [7, 11) is 0. The first-order valence-corrected chi connectivity index (χ1v) is 5.87. The van der Waals surface area contributed by atoms with Crippen LogP contribution in [0.1, 0.15) is 5.56 Å². The van der Waals surface area contributed by atoms with Crippen LogP contribution >= 0.6 is 50.7 Å². The lowest BCUT2D eigenvalue weighted by molar-refractivity contribution is -0.115. The van der Waals surface area contributed by atoms with Gasteiger partial charge in [0.25, 0.3) is 9.70 Å². The third kappa shape index (κ3) is 3.83. The second-order valence-corrected chi connectivity index (χ2v) is 6.11. The van der Waals surface area contributed by atoms with Crippen LogP contribution in [0.15, 0.2) is 22.7 Å². The predicted molar refractivity (Wildman–Crippen MR) is 67.8 cm³/mol. The van der Waals surface area contributed by atoms with Gasteiger partial charge in [0.05, 0.1) is 0 Å². The molecule has 0 aliphatic carbocycles. The minimum atomic E-state index is -1.94. The molecule has 6 heteroatoms. The van der Waals surface area contributed by atoms with Gasteiger partial charge in [-0.25, -0.2) is 0 Å². The number of alkyl halides is 3. The van der Waals surface area contributed by atoms with Crippen LogP contribution in [0.5, 0.6) is 0 Å². The molecule has 1 N–H and O–H groups in total. The number of carbonyl (C=O) groups is 1. The van der Waals surface area contributed by atoms with Crippen LogP contribution in [0.25, 0.3) is 0 Å². The highest BCUT2D eigenvalue weighted by molar-refractivity contribution is 9.10. The van der Waals surface area contributed by atoms with E-state index in [1.807, 2.05) is 13.0 Å². The van der Waals surface area contributed by atoms with E-state index in [0.29, 0.717) is 5.69 Å². The standard InChI is InChI=1S/C9H7BrCl3NO/c1-5-4-6(10)2-3-7(5)14-8(15)9(11,12)13/h2-4H,1H3,(H,14,15). The Balaban J connectivity index is 2.87. The van der Waals surface area contributed by atoms with E-state index in [2.05, 4.69) is 21.2 Å². The Labute approximate surface area is 111 Å². The Morgan fingerprint density at radius 2 is 2.00 bits per heavy atom. The fourth-order valence-corrected chi connectivity index (χ4v) is 1.58. The zero-order valence-electron chi connectivity index (χ0n) is 7.65. The van der Waals surface area contributed by atoms with E-state index in [0.717, 1.165) is 10.0 Å². The van der Waals surface area contributed by atoms with Crippen molar-refractivity contribution in [2.75, 3.05) is 5.32 Å². The number of aryl methyl sites for hydroxylation is 1. The van der Waals surface area contributed by atoms with Crippen molar-refractivity contribution < 1.29 is 4.79 Å². The molecule has 0 aliphatic heterocycles. The number of anilines is 1. The average Bonchev–Trinajstić information content (AvgIpc) is 2.08. The Morgan fingerprint density at radius 1 is 1.40 bits per heavy atom. The number of amides is 1. The summed E-state index contributed by atoms with van der Waals surface area (Å²) in [5, 5.41) is 2.52. The third-order valence-corrected chi connectivity index (χ3v) is 2.70. The summed E-state index contributed by atoms with van der Waals surface area (Å²) in [6.45, 7) is 1.85. The lowest BCUT2D eigenvalue weighted by atomic mass is 10.2. The molecular formula is C9H7BrCl3NO. The Morgan fingerprint density at radius 3 is 2.47 bits per heavy atom. The molecule has 1 aromatic rings. The number of nitrogens with one attached hydrogen (secondary N) is 1. The number of carbonyl (C=O) groups excluding carboxylic acids is 1. The fraction of sp³-hybridized carbons (Fsp3) is 0.222. The third-order valence-electron chi connectivity index (χ3n) is 1.69.